The van der Waals surface area contributed by atoms with E-state index >= 15 is 0 Å². The fourth-order valence-electron chi connectivity index (χ4n) is 4.08. The molecule has 1 aliphatic rings. The fourth-order valence-corrected chi connectivity index (χ4v) is 4.08. The number of aromatic carboxylic acids is 1. The maximum atomic E-state index is 11.0. The minimum absolute atomic E-state index is 0.331. The van der Waals surface area contributed by atoms with Crippen LogP contribution in [0.1, 0.15) is 40.7 Å². The van der Waals surface area contributed by atoms with E-state index in [-0.39, 0.29) is 0 Å². The van der Waals surface area contributed by atoms with Crippen molar-refractivity contribution in [3.8, 4) is 11.5 Å². The Bertz CT molecular complexity index is 988. The zero-order valence-electron chi connectivity index (χ0n) is 18.2. The molecule has 1 unspecified atom stereocenters. The standard InChI is InChI=1S/C27H30N2O3/c30-27(31)24-14-10-23(11-15-24)20-29-18-4-5-22(19-28-29)9-8-21-12-16-26(17-13-21)32-25-6-2-1-3-7-25/h1-3,6-7,10-17,22,28H,4-5,8-9,18-20H2,(H,30,31). The monoisotopic (exact) mass is 430 g/mol. The molecule has 166 valence electrons. The van der Waals surface area contributed by atoms with E-state index in [0.29, 0.717) is 11.5 Å². The van der Waals surface area contributed by atoms with Crippen LogP contribution < -0.4 is 10.2 Å². The Kier molecular flexibility index (Phi) is 7.54. The van der Waals surface area contributed by atoms with Gasteiger partial charge in [0, 0.05) is 19.6 Å². The number of nitrogens with one attached hydrogen (secondary N) is 1. The largest absolute Gasteiger partial charge is 0.478 e. The van der Waals surface area contributed by atoms with E-state index in [9.17, 15) is 4.79 Å². The summed E-state index contributed by atoms with van der Waals surface area (Å²) in [6.45, 7) is 2.76. The average molecular weight is 431 g/mol. The minimum Gasteiger partial charge on any atom is -0.478 e. The van der Waals surface area contributed by atoms with E-state index < -0.39 is 5.97 Å². The van der Waals surface area contributed by atoms with E-state index in [4.69, 9.17) is 9.84 Å². The first-order valence-corrected chi connectivity index (χ1v) is 11.3. The summed E-state index contributed by atoms with van der Waals surface area (Å²) in [5, 5.41) is 11.3. The Hall–Kier alpha value is -3.15. The number of hydrogen-bond acceptors (Lipinski definition) is 4. The van der Waals surface area contributed by atoms with Crippen LogP contribution in [0.2, 0.25) is 0 Å². The topological polar surface area (TPSA) is 61.8 Å². The van der Waals surface area contributed by atoms with Gasteiger partial charge in [0.1, 0.15) is 11.5 Å². The minimum atomic E-state index is -0.884. The summed E-state index contributed by atoms with van der Waals surface area (Å²) in [4.78, 5) is 11.0. The van der Waals surface area contributed by atoms with Crippen molar-refractivity contribution < 1.29 is 14.6 Å². The van der Waals surface area contributed by atoms with Crippen LogP contribution in [-0.4, -0.2) is 29.2 Å². The van der Waals surface area contributed by atoms with Gasteiger partial charge in [0.25, 0.3) is 0 Å². The van der Waals surface area contributed by atoms with E-state index in [1.807, 2.05) is 54.6 Å². The van der Waals surface area contributed by atoms with Gasteiger partial charge in [0.15, 0.2) is 0 Å². The molecule has 3 aromatic rings. The summed E-state index contributed by atoms with van der Waals surface area (Å²) < 4.78 is 5.88. The summed E-state index contributed by atoms with van der Waals surface area (Å²) in [7, 11) is 0. The van der Waals surface area contributed by atoms with Crippen LogP contribution in [0.5, 0.6) is 11.5 Å². The van der Waals surface area contributed by atoms with E-state index in [2.05, 4.69) is 22.6 Å². The van der Waals surface area contributed by atoms with Gasteiger partial charge in [0.05, 0.1) is 5.56 Å². The second-order valence-electron chi connectivity index (χ2n) is 8.39. The molecule has 5 heteroatoms. The van der Waals surface area contributed by atoms with E-state index in [1.54, 1.807) is 12.1 Å². The van der Waals surface area contributed by atoms with Gasteiger partial charge >= 0.3 is 5.97 Å². The second kappa shape index (κ2) is 10.9. The first-order valence-electron chi connectivity index (χ1n) is 11.3. The predicted octanol–water partition coefficient (Wildman–Crippen LogP) is 5.53. The first-order chi connectivity index (χ1) is 15.7. The molecule has 0 bridgehead atoms. The molecule has 0 aromatic heterocycles. The molecular weight excluding hydrogens is 400 g/mol. The number of carbonyl (C=O) groups is 1. The maximum absolute atomic E-state index is 11.0. The van der Waals surface area contributed by atoms with Crippen LogP contribution in [0.25, 0.3) is 0 Å². The van der Waals surface area contributed by atoms with Crippen molar-refractivity contribution in [1.29, 1.82) is 0 Å². The summed E-state index contributed by atoms with van der Waals surface area (Å²) in [5.74, 6) is 1.48. The van der Waals surface area contributed by atoms with Crippen molar-refractivity contribution >= 4 is 5.97 Å². The number of nitrogens with zero attached hydrogens (tertiary/aromatic N) is 1. The van der Waals surface area contributed by atoms with Crippen molar-refractivity contribution in [1.82, 2.24) is 10.4 Å². The molecule has 5 nitrogen and oxygen atoms in total. The molecule has 1 saturated heterocycles. The lowest BCUT2D eigenvalue weighted by molar-refractivity contribution is 0.0697. The number of carboxylic acid groups (broad SMARTS) is 1. The summed E-state index contributed by atoms with van der Waals surface area (Å²) in [5.41, 5.74) is 6.38. The SMILES string of the molecule is O=C(O)c1ccc(CN2CCCC(CCc3ccc(Oc4ccccc4)cc3)CN2)cc1. The number of rotatable bonds is 8. The molecule has 4 rings (SSSR count). The zero-order chi connectivity index (χ0) is 22.2. The molecule has 0 saturated carbocycles. The van der Waals surface area contributed by atoms with Gasteiger partial charge in [-0.2, -0.15) is 0 Å². The van der Waals surface area contributed by atoms with Crippen LogP contribution in [-0.2, 0) is 13.0 Å². The molecule has 1 heterocycles. The molecule has 0 spiro atoms. The molecule has 3 aromatic carbocycles. The Labute approximate surface area is 189 Å². The molecule has 0 aliphatic carbocycles. The lowest BCUT2D eigenvalue weighted by atomic mass is 9.95. The summed E-state index contributed by atoms with van der Waals surface area (Å²) >= 11 is 0. The second-order valence-corrected chi connectivity index (χ2v) is 8.39. The normalized spacial score (nSPS) is 16.9. The average Bonchev–Trinajstić information content (AvgIpc) is 3.05. The zero-order valence-corrected chi connectivity index (χ0v) is 18.2. The highest BCUT2D eigenvalue weighted by Crippen LogP contribution is 2.23. The lowest BCUT2D eigenvalue weighted by Gasteiger charge is -2.22. The van der Waals surface area contributed by atoms with Crippen molar-refractivity contribution in [3.05, 3.63) is 95.6 Å². The van der Waals surface area contributed by atoms with Gasteiger partial charge in [-0.15, -0.1) is 0 Å². The van der Waals surface area contributed by atoms with Gasteiger partial charge in [-0.3, -0.25) is 5.43 Å². The van der Waals surface area contributed by atoms with E-state index in [1.165, 1.54) is 12.0 Å². The third-order valence-electron chi connectivity index (χ3n) is 5.96. The van der Waals surface area contributed by atoms with Gasteiger partial charge < -0.3 is 9.84 Å². The maximum Gasteiger partial charge on any atom is 0.335 e. The fraction of sp³-hybridized carbons (Fsp3) is 0.296. The van der Waals surface area contributed by atoms with Crippen molar-refractivity contribution in [2.24, 2.45) is 5.92 Å². The highest BCUT2D eigenvalue weighted by atomic mass is 16.5. The van der Waals surface area contributed by atoms with E-state index in [0.717, 1.165) is 56.0 Å². The Morgan fingerprint density at radius 1 is 0.938 bits per heavy atom. The molecule has 0 amide bonds. The van der Waals surface area contributed by atoms with Crippen LogP contribution in [0.4, 0.5) is 0 Å². The van der Waals surface area contributed by atoms with Gasteiger partial charge in [-0.05, 0) is 79.1 Å². The highest BCUT2D eigenvalue weighted by Gasteiger charge is 2.17. The number of hydrazine groups is 1. The van der Waals surface area contributed by atoms with Gasteiger partial charge in [0.2, 0.25) is 0 Å². The summed E-state index contributed by atoms with van der Waals surface area (Å²) in [6, 6.07) is 25.4. The quantitative estimate of drug-likeness (QED) is 0.492. The molecule has 32 heavy (non-hydrogen) atoms. The Balaban J connectivity index is 1.22. The third kappa shape index (κ3) is 6.42. The number of carboxylic acids is 1. The van der Waals surface area contributed by atoms with Crippen molar-refractivity contribution in [2.75, 3.05) is 13.1 Å². The van der Waals surface area contributed by atoms with Crippen LogP contribution >= 0.6 is 0 Å². The van der Waals surface area contributed by atoms with Crippen molar-refractivity contribution in [3.63, 3.8) is 0 Å². The Morgan fingerprint density at radius 2 is 1.62 bits per heavy atom. The number of aryl methyl sites for hydroxylation is 1. The molecule has 1 fully saturated rings. The molecule has 1 aliphatic heterocycles. The molecule has 2 N–H and O–H groups in total. The first kappa shape index (κ1) is 22.1. The Morgan fingerprint density at radius 3 is 2.34 bits per heavy atom. The lowest BCUT2D eigenvalue weighted by Crippen LogP contribution is -2.38. The smallest absolute Gasteiger partial charge is 0.335 e. The summed E-state index contributed by atoms with van der Waals surface area (Å²) in [6.07, 6.45) is 4.60. The highest BCUT2D eigenvalue weighted by molar-refractivity contribution is 5.87. The predicted molar refractivity (Wildman–Crippen MR) is 126 cm³/mol. The third-order valence-corrected chi connectivity index (χ3v) is 5.96. The number of hydrogen-bond donors (Lipinski definition) is 2. The molecule has 0 radical (unpaired) electrons. The van der Waals surface area contributed by atoms with Crippen molar-refractivity contribution in [2.45, 2.75) is 32.2 Å². The number of ether oxygens (including phenoxy) is 1. The molecular formula is C27H30N2O3. The molecule has 1 atom stereocenters. The van der Waals surface area contributed by atoms with Gasteiger partial charge in [-0.1, -0.05) is 42.5 Å². The van der Waals surface area contributed by atoms with Crippen LogP contribution in [0, 0.1) is 5.92 Å². The van der Waals surface area contributed by atoms with Gasteiger partial charge in [-0.25, -0.2) is 9.80 Å². The van der Waals surface area contributed by atoms with Crippen LogP contribution in [0.15, 0.2) is 78.9 Å². The number of para-hydroxylation sites is 1. The number of benzene rings is 3. The van der Waals surface area contributed by atoms with Crippen LogP contribution in [0.3, 0.4) is 0 Å².